The van der Waals surface area contributed by atoms with Crippen LogP contribution in [0.5, 0.6) is 0 Å². The standard InChI is InChI=1S/C6H5N3O2S/c10-12(11)4-3-9-2-1-7-5-6(9)8-12/h1-5H. The first-order chi connectivity index (χ1) is 5.67. The van der Waals surface area contributed by atoms with Crippen molar-refractivity contribution >= 4 is 22.1 Å². The minimum atomic E-state index is -3.41. The van der Waals surface area contributed by atoms with E-state index in [2.05, 4.69) is 9.39 Å². The lowest BCUT2D eigenvalue weighted by atomic mass is 10.5. The van der Waals surface area contributed by atoms with Crippen LogP contribution >= 0.6 is 0 Å². The number of fused-ring (bicyclic) bond motifs is 1. The lowest BCUT2D eigenvalue weighted by Crippen LogP contribution is -2.27. The Morgan fingerprint density at radius 1 is 1.33 bits per heavy atom. The molecule has 0 aliphatic carbocycles. The topological polar surface area (TPSA) is 62.1 Å². The predicted octanol–water partition coefficient (Wildman–Crippen LogP) is 0.0571. The van der Waals surface area contributed by atoms with Crippen molar-refractivity contribution in [2.24, 2.45) is 9.39 Å². The molecule has 2 rings (SSSR count). The molecule has 0 unspecified atom stereocenters. The van der Waals surface area contributed by atoms with Gasteiger partial charge in [-0.15, -0.1) is 4.40 Å². The average Bonchev–Trinajstić information content (AvgIpc) is 2.02. The molecule has 0 amide bonds. The molecule has 2 heterocycles. The average molecular weight is 183 g/mol. The molecular formula is C6H5N3O2S. The van der Waals surface area contributed by atoms with E-state index in [-0.39, 0.29) is 0 Å². The molecule has 0 radical (unpaired) electrons. The van der Waals surface area contributed by atoms with Crippen LogP contribution in [0.15, 0.2) is 33.4 Å². The first-order valence-corrected chi connectivity index (χ1v) is 4.69. The van der Waals surface area contributed by atoms with Gasteiger partial charge in [-0.05, 0) is 0 Å². The van der Waals surface area contributed by atoms with Crippen molar-refractivity contribution in [1.82, 2.24) is 4.90 Å². The molecule has 0 saturated carbocycles. The van der Waals surface area contributed by atoms with Crippen LogP contribution in [0, 0.1) is 0 Å². The zero-order valence-corrected chi connectivity index (χ0v) is 6.77. The third-order valence-corrected chi connectivity index (χ3v) is 2.29. The van der Waals surface area contributed by atoms with Crippen LogP contribution in [0.1, 0.15) is 0 Å². The smallest absolute Gasteiger partial charge is 0.278 e. The van der Waals surface area contributed by atoms with Crippen molar-refractivity contribution < 1.29 is 8.42 Å². The van der Waals surface area contributed by atoms with Crippen molar-refractivity contribution in [2.45, 2.75) is 0 Å². The second kappa shape index (κ2) is 2.28. The van der Waals surface area contributed by atoms with E-state index in [9.17, 15) is 8.42 Å². The van der Waals surface area contributed by atoms with E-state index in [1.54, 1.807) is 17.3 Å². The summed E-state index contributed by atoms with van der Waals surface area (Å²) in [6.45, 7) is 0. The third kappa shape index (κ3) is 1.16. The maximum Gasteiger partial charge on any atom is 0.278 e. The molecule has 12 heavy (non-hydrogen) atoms. The van der Waals surface area contributed by atoms with Crippen LogP contribution < -0.4 is 0 Å². The summed E-state index contributed by atoms with van der Waals surface area (Å²) in [5.74, 6) is 0.319. The minimum Gasteiger partial charge on any atom is -0.304 e. The lowest BCUT2D eigenvalue weighted by Gasteiger charge is -2.18. The summed E-state index contributed by atoms with van der Waals surface area (Å²) in [6, 6.07) is 0. The van der Waals surface area contributed by atoms with E-state index < -0.39 is 10.0 Å². The SMILES string of the molecule is O=S1(=O)C=CN2C=CN=CC2=N1. The van der Waals surface area contributed by atoms with Crippen molar-refractivity contribution in [3.63, 3.8) is 0 Å². The van der Waals surface area contributed by atoms with Gasteiger partial charge >= 0.3 is 0 Å². The number of rotatable bonds is 0. The van der Waals surface area contributed by atoms with Crippen molar-refractivity contribution in [3.8, 4) is 0 Å². The molecule has 62 valence electrons. The molecule has 0 aromatic carbocycles. The van der Waals surface area contributed by atoms with Gasteiger partial charge in [0.05, 0.1) is 11.6 Å². The Bertz CT molecular complexity index is 416. The Balaban J connectivity index is 2.50. The normalized spacial score (nSPS) is 23.7. The summed E-state index contributed by atoms with van der Waals surface area (Å²) < 4.78 is 25.3. The summed E-state index contributed by atoms with van der Waals surface area (Å²) in [5.41, 5.74) is 0. The molecule has 0 aromatic rings. The highest BCUT2D eigenvalue weighted by atomic mass is 32.2. The third-order valence-electron chi connectivity index (χ3n) is 1.38. The Kier molecular flexibility index (Phi) is 1.37. The van der Waals surface area contributed by atoms with Crippen LogP contribution in [-0.2, 0) is 10.0 Å². The number of hydrogen-bond donors (Lipinski definition) is 0. The fourth-order valence-corrected chi connectivity index (χ4v) is 1.61. The number of aliphatic imine (C=N–C) groups is 1. The number of amidine groups is 1. The maximum atomic E-state index is 10.9. The van der Waals surface area contributed by atoms with Gasteiger partial charge in [-0.2, -0.15) is 8.42 Å². The fraction of sp³-hybridized carbons (Fsp3) is 0. The monoisotopic (exact) mass is 183 g/mol. The van der Waals surface area contributed by atoms with E-state index in [1.807, 2.05) is 0 Å². The van der Waals surface area contributed by atoms with E-state index in [1.165, 1.54) is 12.4 Å². The molecule has 2 aliphatic rings. The first-order valence-electron chi connectivity index (χ1n) is 3.19. The molecule has 0 saturated heterocycles. The van der Waals surface area contributed by atoms with E-state index in [4.69, 9.17) is 0 Å². The highest BCUT2D eigenvalue weighted by Gasteiger charge is 2.16. The van der Waals surface area contributed by atoms with Crippen LogP contribution in [0.2, 0.25) is 0 Å². The fourth-order valence-electron chi connectivity index (χ4n) is 0.863. The van der Waals surface area contributed by atoms with E-state index in [0.29, 0.717) is 5.84 Å². The molecular weight excluding hydrogens is 178 g/mol. The van der Waals surface area contributed by atoms with Crippen LogP contribution in [0.3, 0.4) is 0 Å². The molecule has 0 bridgehead atoms. The van der Waals surface area contributed by atoms with Gasteiger partial charge < -0.3 is 4.90 Å². The Labute approximate surface area is 69.5 Å². The van der Waals surface area contributed by atoms with Crippen LogP contribution in [0.25, 0.3) is 0 Å². The first kappa shape index (κ1) is 7.23. The molecule has 0 aromatic heterocycles. The highest BCUT2D eigenvalue weighted by Crippen LogP contribution is 2.09. The van der Waals surface area contributed by atoms with Gasteiger partial charge in [-0.25, -0.2) is 0 Å². The second-order valence-electron chi connectivity index (χ2n) is 2.23. The molecule has 2 aliphatic heterocycles. The maximum absolute atomic E-state index is 10.9. The largest absolute Gasteiger partial charge is 0.304 e. The second-order valence-corrected chi connectivity index (χ2v) is 3.72. The van der Waals surface area contributed by atoms with Crippen molar-refractivity contribution in [1.29, 1.82) is 0 Å². The van der Waals surface area contributed by atoms with E-state index >= 15 is 0 Å². The summed E-state index contributed by atoms with van der Waals surface area (Å²) in [5, 5.41) is 1.04. The number of nitrogens with zero attached hydrogens (tertiary/aromatic N) is 3. The molecule has 0 N–H and O–H groups in total. The van der Waals surface area contributed by atoms with Gasteiger partial charge in [0, 0.05) is 18.6 Å². The number of sulfonamides is 1. The lowest BCUT2D eigenvalue weighted by molar-refractivity contribution is 0.602. The summed E-state index contributed by atoms with van der Waals surface area (Å²) >= 11 is 0. The van der Waals surface area contributed by atoms with Gasteiger partial charge in [0.1, 0.15) is 0 Å². The Hall–Kier alpha value is -1.43. The summed E-state index contributed by atoms with van der Waals surface area (Å²) in [7, 11) is -3.41. The molecule has 6 heteroatoms. The number of hydrogen-bond acceptors (Lipinski definition) is 4. The zero-order chi connectivity index (χ0) is 8.60. The van der Waals surface area contributed by atoms with Gasteiger partial charge in [-0.3, -0.25) is 4.99 Å². The van der Waals surface area contributed by atoms with Gasteiger partial charge in [0.25, 0.3) is 10.0 Å². The van der Waals surface area contributed by atoms with Crippen molar-refractivity contribution in [2.75, 3.05) is 0 Å². The van der Waals surface area contributed by atoms with E-state index in [0.717, 1.165) is 5.41 Å². The predicted molar refractivity (Wildman–Crippen MR) is 45.0 cm³/mol. The minimum absolute atomic E-state index is 0.319. The van der Waals surface area contributed by atoms with Gasteiger partial charge in [-0.1, -0.05) is 0 Å². The Morgan fingerprint density at radius 2 is 2.17 bits per heavy atom. The van der Waals surface area contributed by atoms with Crippen molar-refractivity contribution in [3.05, 3.63) is 24.0 Å². The quantitative estimate of drug-likeness (QED) is 0.533. The Morgan fingerprint density at radius 3 is 3.00 bits per heavy atom. The molecule has 0 spiro atoms. The molecule has 5 nitrogen and oxygen atoms in total. The molecule has 0 atom stereocenters. The summed E-state index contributed by atoms with van der Waals surface area (Å²) in [4.78, 5) is 5.33. The molecule has 0 fully saturated rings. The highest BCUT2D eigenvalue weighted by molar-refractivity contribution is 7.93. The van der Waals surface area contributed by atoms with Crippen LogP contribution in [-0.4, -0.2) is 25.4 Å². The zero-order valence-electron chi connectivity index (χ0n) is 5.95. The van der Waals surface area contributed by atoms with Crippen LogP contribution in [0.4, 0.5) is 0 Å². The van der Waals surface area contributed by atoms with Gasteiger partial charge in [0.15, 0.2) is 5.84 Å². The van der Waals surface area contributed by atoms with Gasteiger partial charge in [0.2, 0.25) is 0 Å². The summed E-state index contributed by atoms with van der Waals surface area (Å²) in [6.07, 6.45) is 6.01.